The first-order valence-corrected chi connectivity index (χ1v) is 8.90. The van der Waals surface area contributed by atoms with Crippen molar-refractivity contribution < 1.29 is 9.59 Å². The van der Waals surface area contributed by atoms with E-state index >= 15 is 0 Å². The first-order chi connectivity index (χ1) is 11.5. The molecule has 0 aliphatic carbocycles. The Hall–Kier alpha value is -2.34. The number of urea groups is 1. The van der Waals surface area contributed by atoms with Gasteiger partial charge in [-0.2, -0.15) is 0 Å². The van der Waals surface area contributed by atoms with Gasteiger partial charge in [-0.1, -0.05) is 32.4 Å². The van der Waals surface area contributed by atoms with E-state index in [0.29, 0.717) is 12.2 Å². The molecule has 0 aliphatic rings. The van der Waals surface area contributed by atoms with Crippen LogP contribution in [0.25, 0.3) is 0 Å². The number of primary amides is 1. The zero-order valence-electron chi connectivity index (χ0n) is 14.0. The van der Waals surface area contributed by atoms with Gasteiger partial charge in [-0.3, -0.25) is 4.79 Å². The van der Waals surface area contributed by atoms with Crippen molar-refractivity contribution in [3.63, 3.8) is 0 Å². The predicted molar refractivity (Wildman–Crippen MR) is 98.5 cm³/mol. The second-order valence-corrected chi connectivity index (χ2v) is 6.67. The molecule has 0 bridgehead atoms. The van der Waals surface area contributed by atoms with E-state index in [1.807, 2.05) is 18.2 Å². The van der Waals surface area contributed by atoms with Crippen LogP contribution in [0, 0.1) is 0 Å². The van der Waals surface area contributed by atoms with Crippen molar-refractivity contribution in [3.05, 3.63) is 51.2 Å². The number of nitrogens with two attached hydrogens (primary N) is 1. The Morgan fingerprint density at radius 2 is 1.88 bits per heavy atom. The molecule has 1 aromatic heterocycles. The van der Waals surface area contributed by atoms with Gasteiger partial charge in [0.25, 0.3) is 5.91 Å². The Kier molecular flexibility index (Phi) is 6.37. The molecule has 1 heterocycles. The maximum Gasteiger partial charge on any atom is 0.316 e. The second-order valence-electron chi connectivity index (χ2n) is 5.53. The van der Waals surface area contributed by atoms with E-state index in [0.717, 1.165) is 29.7 Å². The summed E-state index contributed by atoms with van der Waals surface area (Å²) in [6.45, 7) is 4.71. The van der Waals surface area contributed by atoms with Gasteiger partial charge in [-0.15, -0.1) is 11.3 Å². The van der Waals surface area contributed by atoms with Crippen LogP contribution in [0.4, 0.5) is 10.5 Å². The number of hydrogen-bond acceptors (Lipinski definition) is 3. The number of amides is 3. The van der Waals surface area contributed by atoms with Crippen LogP contribution in [0.15, 0.2) is 30.3 Å². The smallest absolute Gasteiger partial charge is 0.316 e. The van der Waals surface area contributed by atoms with Crippen molar-refractivity contribution in [2.75, 3.05) is 5.32 Å². The van der Waals surface area contributed by atoms with Crippen LogP contribution in [-0.4, -0.2) is 11.9 Å². The third-order valence-corrected chi connectivity index (χ3v) is 4.89. The van der Waals surface area contributed by atoms with E-state index in [9.17, 15) is 9.59 Å². The fourth-order valence-electron chi connectivity index (χ4n) is 2.43. The summed E-state index contributed by atoms with van der Waals surface area (Å²) < 4.78 is 0. The monoisotopic (exact) mass is 345 g/mol. The van der Waals surface area contributed by atoms with Gasteiger partial charge >= 0.3 is 6.03 Å². The molecule has 0 spiro atoms. The Labute approximate surface area is 146 Å². The standard InChI is InChI=1S/C18H23N3O2S/c1-3-5-15-13(4-2)10-16(24-15)17(22)20-11-12-6-8-14(9-7-12)21-18(19)23/h6-10H,3-5,11H2,1-2H3,(H,20,22)(H3,19,21,23). The molecule has 128 valence electrons. The molecule has 0 saturated carbocycles. The molecule has 0 radical (unpaired) electrons. The maximum atomic E-state index is 12.3. The molecule has 3 amide bonds. The summed E-state index contributed by atoms with van der Waals surface area (Å²) >= 11 is 1.59. The van der Waals surface area contributed by atoms with Crippen molar-refractivity contribution in [2.24, 2.45) is 5.73 Å². The average molecular weight is 345 g/mol. The van der Waals surface area contributed by atoms with Gasteiger partial charge < -0.3 is 16.4 Å². The molecule has 0 fully saturated rings. The highest BCUT2D eigenvalue weighted by molar-refractivity contribution is 7.14. The topological polar surface area (TPSA) is 84.2 Å². The zero-order valence-corrected chi connectivity index (χ0v) is 14.8. The number of rotatable bonds is 7. The fraction of sp³-hybridized carbons (Fsp3) is 0.333. The number of carbonyl (C=O) groups excluding carboxylic acids is 2. The van der Waals surface area contributed by atoms with Crippen LogP contribution in [0.3, 0.4) is 0 Å². The number of aryl methyl sites for hydroxylation is 2. The molecule has 24 heavy (non-hydrogen) atoms. The Balaban J connectivity index is 1.96. The number of carbonyl (C=O) groups is 2. The van der Waals surface area contributed by atoms with Crippen LogP contribution < -0.4 is 16.4 Å². The van der Waals surface area contributed by atoms with Crippen molar-refractivity contribution in [2.45, 2.75) is 39.7 Å². The second kappa shape index (κ2) is 8.49. The molecule has 4 N–H and O–H groups in total. The van der Waals surface area contributed by atoms with Crippen LogP contribution in [0.1, 0.15) is 45.9 Å². The van der Waals surface area contributed by atoms with E-state index in [1.54, 1.807) is 23.5 Å². The van der Waals surface area contributed by atoms with Crippen LogP contribution in [-0.2, 0) is 19.4 Å². The van der Waals surface area contributed by atoms with E-state index in [1.165, 1.54) is 10.4 Å². The third kappa shape index (κ3) is 4.83. The number of anilines is 1. The minimum absolute atomic E-state index is 0.0450. The summed E-state index contributed by atoms with van der Waals surface area (Å²) in [6, 6.07) is 8.62. The lowest BCUT2D eigenvalue weighted by molar-refractivity contribution is 0.0955. The first kappa shape index (κ1) is 18.0. The van der Waals surface area contributed by atoms with Gasteiger partial charge in [0, 0.05) is 17.1 Å². The van der Waals surface area contributed by atoms with Gasteiger partial charge in [0.05, 0.1) is 4.88 Å². The minimum atomic E-state index is -0.594. The Bertz CT molecular complexity index is 708. The quantitative estimate of drug-likeness (QED) is 0.715. The van der Waals surface area contributed by atoms with Crippen molar-refractivity contribution in [1.29, 1.82) is 0 Å². The highest BCUT2D eigenvalue weighted by atomic mass is 32.1. The van der Waals surface area contributed by atoms with Gasteiger partial charge in [0.1, 0.15) is 0 Å². The SMILES string of the molecule is CCCc1sc(C(=O)NCc2ccc(NC(N)=O)cc2)cc1CC. The summed E-state index contributed by atoms with van der Waals surface area (Å²) in [5.74, 6) is -0.0450. The molecular weight excluding hydrogens is 322 g/mol. The Morgan fingerprint density at radius 3 is 2.46 bits per heavy atom. The molecule has 2 rings (SSSR count). The lowest BCUT2D eigenvalue weighted by Crippen LogP contribution is -2.22. The number of benzene rings is 1. The lowest BCUT2D eigenvalue weighted by atomic mass is 10.1. The van der Waals surface area contributed by atoms with Gasteiger partial charge in [0.15, 0.2) is 0 Å². The Morgan fingerprint density at radius 1 is 1.17 bits per heavy atom. The van der Waals surface area contributed by atoms with Crippen LogP contribution >= 0.6 is 11.3 Å². The van der Waals surface area contributed by atoms with Crippen molar-refractivity contribution in [3.8, 4) is 0 Å². The van der Waals surface area contributed by atoms with Gasteiger partial charge in [-0.25, -0.2) is 4.79 Å². The van der Waals surface area contributed by atoms with Crippen molar-refractivity contribution in [1.82, 2.24) is 5.32 Å². The molecule has 0 unspecified atom stereocenters. The molecule has 6 heteroatoms. The molecule has 2 aromatic rings. The maximum absolute atomic E-state index is 12.3. The molecule has 0 atom stereocenters. The van der Waals surface area contributed by atoms with E-state index in [-0.39, 0.29) is 5.91 Å². The molecule has 1 aromatic carbocycles. The highest BCUT2D eigenvalue weighted by Gasteiger charge is 2.13. The largest absolute Gasteiger partial charge is 0.351 e. The highest BCUT2D eigenvalue weighted by Crippen LogP contribution is 2.24. The van der Waals surface area contributed by atoms with Gasteiger partial charge in [-0.05, 0) is 42.2 Å². The molecule has 0 saturated heterocycles. The van der Waals surface area contributed by atoms with Crippen LogP contribution in [0.5, 0.6) is 0 Å². The van der Waals surface area contributed by atoms with Gasteiger partial charge in [0.2, 0.25) is 0 Å². The third-order valence-electron chi connectivity index (χ3n) is 3.65. The number of hydrogen-bond donors (Lipinski definition) is 3. The van der Waals surface area contributed by atoms with E-state index < -0.39 is 6.03 Å². The first-order valence-electron chi connectivity index (χ1n) is 8.08. The van der Waals surface area contributed by atoms with Crippen LogP contribution in [0.2, 0.25) is 0 Å². The molecule has 0 aliphatic heterocycles. The molecular formula is C18H23N3O2S. The number of thiophene rings is 1. The summed E-state index contributed by atoms with van der Waals surface area (Å²) in [4.78, 5) is 25.2. The molecule has 5 nitrogen and oxygen atoms in total. The normalized spacial score (nSPS) is 10.4. The fourth-order valence-corrected chi connectivity index (χ4v) is 3.71. The summed E-state index contributed by atoms with van der Waals surface area (Å²) in [7, 11) is 0. The minimum Gasteiger partial charge on any atom is -0.351 e. The lowest BCUT2D eigenvalue weighted by Gasteiger charge is -2.06. The summed E-state index contributed by atoms with van der Waals surface area (Å²) in [5.41, 5.74) is 7.93. The van der Waals surface area contributed by atoms with E-state index in [2.05, 4.69) is 24.5 Å². The number of nitrogens with one attached hydrogen (secondary N) is 2. The van der Waals surface area contributed by atoms with Crippen molar-refractivity contribution >= 4 is 29.0 Å². The van der Waals surface area contributed by atoms with E-state index in [4.69, 9.17) is 5.73 Å². The zero-order chi connectivity index (χ0) is 17.5. The summed E-state index contributed by atoms with van der Waals surface area (Å²) in [6.07, 6.45) is 3.06. The predicted octanol–water partition coefficient (Wildman–Crippen LogP) is 3.68. The summed E-state index contributed by atoms with van der Waals surface area (Å²) in [5, 5.41) is 5.44. The average Bonchev–Trinajstić information content (AvgIpc) is 2.97.